The van der Waals surface area contributed by atoms with Crippen LogP contribution in [0.15, 0.2) is 65.8 Å². The number of para-hydroxylation sites is 3. The van der Waals surface area contributed by atoms with Gasteiger partial charge < -0.3 is 20.3 Å². The summed E-state index contributed by atoms with van der Waals surface area (Å²) in [5.41, 5.74) is 3.36. The highest BCUT2D eigenvalue weighted by Crippen LogP contribution is 2.30. The summed E-state index contributed by atoms with van der Waals surface area (Å²) in [7, 11) is 3.53. The molecule has 1 unspecified atom stereocenters. The highest BCUT2D eigenvalue weighted by atomic mass is 127. The van der Waals surface area contributed by atoms with E-state index < -0.39 is 0 Å². The first-order chi connectivity index (χ1) is 14.3. The normalized spacial score (nSPS) is 16.3. The number of rotatable bonds is 5. The predicted octanol–water partition coefficient (Wildman–Crippen LogP) is 3.81. The van der Waals surface area contributed by atoms with Gasteiger partial charge in [0.05, 0.1) is 18.3 Å². The average molecular weight is 517 g/mol. The van der Waals surface area contributed by atoms with Gasteiger partial charge in [-0.2, -0.15) is 0 Å². The van der Waals surface area contributed by atoms with Crippen molar-refractivity contribution in [2.75, 3.05) is 32.1 Å². The van der Waals surface area contributed by atoms with Gasteiger partial charge in [0, 0.05) is 44.3 Å². The number of benzene rings is 2. The molecule has 1 saturated heterocycles. The van der Waals surface area contributed by atoms with Crippen LogP contribution in [0.3, 0.4) is 0 Å². The quantitative estimate of drug-likeness (QED) is 0.306. The minimum atomic E-state index is 0. The molecule has 2 heterocycles. The Morgan fingerprint density at radius 1 is 1.17 bits per heavy atom. The maximum Gasteiger partial charge on any atom is 0.191 e. The molecular weight excluding hydrogens is 489 g/mol. The fourth-order valence-electron chi connectivity index (χ4n) is 3.86. The Morgan fingerprint density at radius 3 is 2.80 bits per heavy atom. The van der Waals surface area contributed by atoms with Crippen molar-refractivity contribution in [2.45, 2.75) is 19.0 Å². The number of hydrogen-bond donors (Lipinski definition) is 2. The van der Waals surface area contributed by atoms with Crippen LogP contribution in [0.25, 0.3) is 10.9 Å². The fraction of sp³-hybridized carbons (Fsp3) is 0.304. The largest absolute Gasteiger partial charge is 0.495 e. The van der Waals surface area contributed by atoms with Gasteiger partial charge in [-0.05, 0) is 36.2 Å². The number of nitrogens with one attached hydrogen (secondary N) is 2. The number of nitrogens with zero attached hydrogens (tertiary/aromatic N) is 3. The molecule has 0 saturated carbocycles. The van der Waals surface area contributed by atoms with Crippen molar-refractivity contribution in [3.05, 3.63) is 66.4 Å². The zero-order valence-corrected chi connectivity index (χ0v) is 19.7. The van der Waals surface area contributed by atoms with Gasteiger partial charge in [-0.1, -0.05) is 30.3 Å². The van der Waals surface area contributed by atoms with Crippen LogP contribution in [0.4, 0.5) is 5.69 Å². The van der Waals surface area contributed by atoms with Crippen LogP contribution in [0.1, 0.15) is 12.0 Å². The van der Waals surface area contributed by atoms with Gasteiger partial charge >= 0.3 is 0 Å². The van der Waals surface area contributed by atoms with Crippen molar-refractivity contribution in [3.63, 3.8) is 0 Å². The van der Waals surface area contributed by atoms with Crippen molar-refractivity contribution in [2.24, 2.45) is 4.99 Å². The SMILES string of the molecule is CN=C(NCc1ccnc2ccccc12)NC1CCN(c2ccccc2OC)C1.I. The third-order valence-electron chi connectivity index (χ3n) is 5.36. The molecule has 7 heteroatoms. The molecule has 30 heavy (non-hydrogen) atoms. The van der Waals surface area contributed by atoms with Crippen LogP contribution in [0.5, 0.6) is 5.75 Å². The lowest BCUT2D eigenvalue weighted by Crippen LogP contribution is -2.44. The van der Waals surface area contributed by atoms with Gasteiger partial charge in [0.1, 0.15) is 5.75 Å². The summed E-state index contributed by atoms with van der Waals surface area (Å²) >= 11 is 0. The molecule has 0 bridgehead atoms. The molecule has 158 valence electrons. The van der Waals surface area contributed by atoms with Crippen LogP contribution in [0.2, 0.25) is 0 Å². The third-order valence-corrected chi connectivity index (χ3v) is 5.36. The summed E-state index contributed by atoms with van der Waals surface area (Å²) in [4.78, 5) is 11.2. The second-order valence-corrected chi connectivity index (χ2v) is 7.16. The summed E-state index contributed by atoms with van der Waals surface area (Å²) in [6.07, 6.45) is 2.91. The Balaban J connectivity index is 0.00000256. The van der Waals surface area contributed by atoms with Crippen molar-refractivity contribution < 1.29 is 4.74 Å². The molecule has 0 spiro atoms. The minimum Gasteiger partial charge on any atom is -0.495 e. The van der Waals surface area contributed by atoms with Gasteiger partial charge in [-0.25, -0.2) is 0 Å². The van der Waals surface area contributed by atoms with E-state index in [2.05, 4.69) is 49.8 Å². The van der Waals surface area contributed by atoms with E-state index in [0.717, 1.165) is 42.4 Å². The van der Waals surface area contributed by atoms with Crippen molar-refractivity contribution in [1.29, 1.82) is 0 Å². The van der Waals surface area contributed by atoms with E-state index in [1.54, 1.807) is 7.11 Å². The fourth-order valence-corrected chi connectivity index (χ4v) is 3.86. The van der Waals surface area contributed by atoms with Gasteiger partial charge in [0.2, 0.25) is 0 Å². The molecule has 1 fully saturated rings. The smallest absolute Gasteiger partial charge is 0.191 e. The van der Waals surface area contributed by atoms with Crippen LogP contribution in [-0.2, 0) is 6.54 Å². The molecule has 1 aromatic heterocycles. The van der Waals surface area contributed by atoms with Crippen LogP contribution < -0.4 is 20.3 Å². The highest BCUT2D eigenvalue weighted by Gasteiger charge is 2.25. The summed E-state index contributed by atoms with van der Waals surface area (Å²) in [6.45, 7) is 2.61. The van der Waals surface area contributed by atoms with Crippen molar-refractivity contribution in [1.82, 2.24) is 15.6 Å². The summed E-state index contributed by atoms with van der Waals surface area (Å²) in [5.74, 6) is 1.73. The number of aromatic nitrogens is 1. The van der Waals surface area contributed by atoms with Crippen molar-refractivity contribution >= 4 is 46.5 Å². The zero-order valence-electron chi connectivity index (χ0n) is 17.3. The molecule has 0 radical (unpaired) electrons. The van der Waals surface area contributed by atoms with Crippen molar-refractivity contribution in [3.8, 4) is 5.75 Å². The number of aliphatic imine (C=N–C) groups is 1. The van der Waals surface area contributed by atoms with E-state index in [-0.39, 0.29) is 24.0 Å². The minimum absolute atomic E-state index is 0. The Kier molecular flexibility index (Phi) is 7.73. The molecule has 0 amide bonds. The predicted molar refractivity (Wildman–Crippen MR) is 134 cm³/mol. The summed E-state index contributed by atoms with van der Waals surface area (Å²) in [6, 6.07) is 18.8. The van der Waals surface area contributed by atoms with Crippen LogP contribution >= 0.6 is 24.0 Å². The Bertz CT molecular complexity index is 1000. The van der Waals surface area contributed by atoms with E-state index in [0.29, 0.717) is 12.6 Å². The van der Waals surface area contributed by atoms with E-state index in [9.17, 15) is 0 Å². The maximum absolute atomic E-state index is 5.51. The van der Waals surface area contributed by atoms with Gasteiger partial charge in [0.15, 0.2) is 5.96 Å². The topological polar surface area (TPSA) is 61.8 Å². The Labute approximate surface area is 194 Å². The zero-order chi connectivity index (χ0) is 20.1. The third kappa shape index (κ3) is 4.95. The number of fused-ring (bicyclic) bond motifs is 1. The second kappa shape index (κ2) is 10.5. The molecule has 1 aliphatic heterocycles. The lowest BCUT2D eigenvalue weighted by Gasteiger charge is -2.22. The number of ether oxygens (including phenoxy) is 1. The summed E-state index contributed by atoms with van der Waals surface area (Å²) in [5, 5.41) is 8.18. The molecule has 3 aromatic rings. The number of anilines is 1. The lowest BCUT2D eigenvalue weighted by molar-refractivity contribution is 0.415. The van der Waals surface area contributed by atoms with Gasteiger partial charge in [-0.3, -0.25) is 9.98 Å². The molecule has 0 aliphatic carbocycles. The average Bonchev–Trinajstić information content (AvgIpc) is 3.25. The number of hydrogen-bond acceptors (Lipinski definition) is 4. The first-order valence-electron chi connectivity index (χ1n) is 9.96. The lowest BCUT2D eigenvalue weighted by atomic mass is 10.1. The first-order valence-corrected chi connectivity index (χ1v) is 9.96. The number of halogens is 1. The van der Waals surface area contributed by atoms with Crippen LogP contribution in [-0.4, -0.2) is 44.2 Å². The van der Waals surface area contributed by atoms with Gasteiger partial charge in [-0.15, -0.1) is 24.0 Å². The Morgan fingerprint density at radius 2 is 1.97 bits per heavy atom. The maximum atomic E-state index is 5.51. The van der Waals surface area contributed by atoms with E-state index >= 15 is 0 Å². The van der Waals surface area contributed by atoms with E-state index in [4.69, 9.17) is 4.74 Å². The number of pyridine rings is 1. The highest BCUT2D eigenvalue weighted by molar-refractivity contribution is 14.0. The van der Waals surface area contributed by atoms with E-state index in [1.165, 1.54) is 10.9 Å². The molecule has 4 rings (SSSR count). The molecule has 1 atom stereocenters. The molecule has 1 aliphatic rings. The summed E-state index contributed by atoms with van der Waals surface area (Å²) < 4.78 is 5.51. The Hall–Kier alpha value is -2.55. The van der Waals surface area contributed by atoms with Crippen LogP contribution in [0, 0.1) is 0 Å². The number of guanidine groups is 1. The molecule has 6 nitrogen and oxygen atoms in total. The van der Waals surface area contributed by atoms with E-state index in [1.807, 2.05) is 43.6 Å². The number of methoxy groups -OCH3 is 1. The molecule has 2 N–H and O–H groups in total. The first kappa shape index (κ1) is 22.1. The molecule has 2 aromatic carbocycles. The monoisotopic (exact) mass is 517 g/mol. The second-order valence-electron chi connectivity index (χ2n) is 7.16. The van der Waals surface area contributed by atoms with Gasteiger partial charge in [0.25, 0.3) is 0 Å². The molecular formula is C23H28IN5O. The standard InChI is InChI=1S/C23H27N5O.HI/c1-24-23(26-15-17-11-13-25-20-8-4-3-7-19(17)20)27-18-12-14-28(16-18)21-9-5-6-10-22(21)29-2;/h3-11,13,18H,12,14-16H2,1-2H3,(H2,24,26,27);1H.